The van der Waals surface area contributed by atoms with E-state index in [1.54, 1.807) is 6.20 Å². The third kappa shape index (κ3) is 5.46. The Bertz CT molecular complexity index is 1180. The first-order valence-electron chi connectivity index (χ1n) is 10.4. The molecule has 0 radical (unpaired) electrons. The van der Waals surface area contributed by atoms with E-state index < -0.39 is 17.6 Å². The summed E-state index contributed by atoms with van der Waals surface area (Å²) in [4.78, 5) is 27.4. The van der Waals surface area contributed by atoms with Crippen molar-refractivity contribution in [3.05, 3.63) is 59.5 Å². The van der Waals surface area contributed by atoms with E-state index in [4.69, 9.17) is 0 Å². The van der Waals surface area contributed by atoms with Crippen LogP contribution in [-0.2, 0) is 23.8 Å². The highest BCUT2D eigenvalue weighted by molar-refractivity contribution is 6.00. The van der Waals surface area contributed by atoms with E-state index in [9.17, 15) is 18.0 Å². The second-order valence-electron chi connectivity index (χ2n) is 8.16. The molecular formula is C23H23F3N6O. The van der Waals surface area contributed by atoms with Crippen LogP contribution in [0, 0.1) is 0 Å². The highest BCUT2D eigenvalue weighted by atomic mass is 19.4. The fourth-order valence-corrected chi connectivity index (χ4v) is 3.65. The number of hydrogen-bond donors (Lipinski definition) is 2. The minimum absolute atomic E-state index is 0.0332. The van der Waals surface area contributed by atoms with Crippen molar-refractivity contribution in [1.29, 1.82) is 0 Å². The van der Waals surface area contributed by atoms with E-state index in [0.717, 1.165) is 37.1 Å². The fraction of sp³-hybridized carbons (Fsp3) is 0.304. The van der Waals surface area contributed by atoms with E-state index >= 15 is 0 Å². The van der Waals surface area contributed by atoms with Crippen LogP contribution in [0.1, 0.15) is 23.1 Å². The van der Waals surface area contributed by atoms with Gasteiger partial charge in [-0.05, 0) is 57.2 Å². The summed E-state index contributed by atoms with van der Waals surface area (Å²) in [6.07, 6.45) is 2.29. The van der Waals surface area contributed by atoms with Crippen molar-refractivity contribution in [2.45, 2.75) is 25.4 Å². The molecule has 0 aliphatic carbocycles. The molecule has 2 aromatic heterocycles. The SMILES string of the molecule is CN(C)CCCc1cncc(Nc2ncc3c(n2)-c2ccc(C(F)(F)F)cc2NC(=O)C3)c1. The summed E-state index contributed by atoms with van der Waals surface area (Å²) in [5.74, 6) is -0.158. The number of nitrogens with zero attached hydrogens (tertiary/aromatic N) is 4. The number of carbonyl (C=O) groups excluding carboxylic acids is 1. The van der Waals surface area contributed by atoms with E-state index in [1.165, 1.54) is 12.3 Å². The number of halogens is 3. The van der Waals surface area contributed by atoms with Crippen molar-refractivity contribution in [2.75, 3.05) is 31.3 Å². The average Bonchev–Trinajstić information content (AvgIpc) is 2.88. The lowest BCUT2D eigenvalue weighted by molar-refractivity contribution is -0.137. The van der Waals surface area contributed by atoms with E-state index in [1.807, 2.05) is 26.4 Å². The molecule has 0 saturated carbocycles. The van der Waals surface area contributed by atoms with Crippen molar-refractivity contribution >= 4 is 23.2 Å². The van der Waals surface area contributed by atoms with E-state index in [0.29, 0.717) is 22.5 Å². The van der Waals surface area contributed by atoms with Gasteiger partial charge in [0.1, 0.15) is 0 Å². The normalized spacial score (nSPS) is 13.2. The molecule has 0 unspecified atom stereocenters. The number of benzene rings is 1. The van der Waals surface area contributed by atoms with Gasteiger partial charge < -0.3 is 15.5 Å². The Labute approximate surface area is 189 Å². The number of amides is 1. The zero-order chi connectivity index (χ0) is 23.6. The number of anilines is 3. The predicted molar refractivity (Wildman–Crippen MR) is 119 cm³/mol. The lowest BCUT2D eigenvalue weighted by Gasteiger charge is -2.13. The van der Waals surface area contributed by atoms with Crippen molar-refractivity contribution in [3.63, 3.8) is 0 Å². The second kappa shape index (κ2) is 9.14. The number of aryl methyl sites for hydroxylation is 1. The van der Waals surface area contributed by atoms with Crippen molar-refractivity contribution < 1.29 is 18.0 Å². The van der Waals surface area contributed by atoms with Gasteiger partial charge in [-0.25, -0.2) is 9.97 Å². The summed E-state index contributed by atoms with van der Waals surface area (Å²) in [6, 6.07) is 5.20. The van der Waals surface area contributed by atoms with Crippen molar-refractivity contribution in [3.8, 4) is 11.3 Å². The number of aromatic nitrogens is 3. The molecule has 10 heteroatoms. The number of nitrogens with one attached hydrogen (secondary N) is 2. The van der Waals surface area contributed by atoms with Gasteiger partial charge >= 0.3 is 6.18 Å². The topological polar surface area (TPSA) is 83.0 Å². The molecule has 1 aliphatic rings. The Hall–Kier alpha value is -3.53. The Morgan fingerprint density at radius 3 is 2.73 bits per heavy atom. The largest absolute Gasteiger partial charge is 0.416 e. The van der Waals surface area contributed by atoms with Gasteiger partial charge in [-0.2, -0.15) is 13.2 Å². The Kier molecular flexibility index (Phi) is 6.28. The van der Waals surface area contributed by atoms with Gasteiger partial charge in [0.2, 0.25) is 11.9 Å². The number of pyridine rings is 1. The highest BCUT2D eigenvalue weighted by Gasteiger charge is 2.32. The highest BCUT2D eigenvalue weighted by Crippen LogP contribution is 2.38. The van der Waals surface area contributed by atoms with Crippen LogP contribution in [-0.4, -0.2) is 46.4 Å². The molecule has 0 atom stereocenters. The Morgan fingerprint density at radius 1 is 1.15 bits per heavy atom. The predicted octanol–water partition coefficient (Wildman–Crippen LogP) is 4.29. The minimum Gasteiger partial charge on any atom is -0.325 e. The summed E-state index contributed by atoms with van der Waals surface area (Å²) in [5, 5.41) is 5.66. The summed E-state index contributed by atoms with van der Waals surface area (Å²) in [5.41, 5.74) is 2.35. The van der Waals surface area contributed by atoms with Crippen LogP contribution >= 0.6 is 0 Å². The summed E-state index contributed by atoms with van der Waals surface area (Å²) in [6.45, 7) is 0.966. The standard InChI is InChI=1S/C23H23F3N6O/c1-32(2)7-3-4-14-8-17(13-27-11-14)29-22-28-12-15-9-20(33)30-19-10-16(23(24,25)26)5-6-18(19)21(15)31-22/h5-6,8,10-13H,3-4,7,9H2,1-2H3,(H,30,33)(H,28,29,31). The molecule has 0 spiro atoms. The minimum atomic E-state index is -4.52. The second-order valence-corrected chi connectivity index (χ2v) is 8.16. The van der Waals surface area contributed by atoms with Gasteiger partial charge in [0.25, 0.3) is 0 Å². The molecule has 2 N–H and O–H groups in total. The van der Waals surface area contributed by atoms with Gasteiger partial charge in [0.15, 0.2) is 0 Å². The van der Waals surface area contributed by atoms with E-state index in [-0.39, 0.29) is 18.1 Å². The number of carbonyl (C=O) groups is 1. The van der Waals surface area contributed by atoms with Gasteiger partial charge in [-0.3, -0.25) is 9.78 Å². The fourth-order valence-electron chi connectivity index (χ4n) is 3.65. The van der Waals surface area contributed by atoms with Gasteiger partial charge in [-0.1, -0.05) is 6.07 Å². The van der Waals surface area contributed by atoms with Crippen LogP contribution in [0.25, 0.3) is 11.3 Å². The molecule has 0 fully saturated rings. The van der Waals surface area contributed by atoms with Crippen LogP contribution in [0.2, 0.25) is 0 Å². The van der Waals surface area contributed by atoms with Gasteiger partial charge in [-0.15, -0.1) is 0 Å². The average molecular weight is 456 g/mol. The molecule has 3 aromatic rings. The maximum absolute atomic E-state index is 13.2. The van der Waals surface area contributed by atoms with Crippen LogP contribution in [0.15, 0.2) is 42.9 Å². The maximum Gasteiger partial charge on any atom is 0.416 e. The molecule has 4 rings (SSSR count). The first kappa shape index (κ1) is 22.7. The summed E-state index contributed by atoms with van der Waals surface area (Å²) >= 11 is 0. The molecule has 0 bridgehead atoms. The first-order chi connectivity index (χ1) is 15.7. The van der Waals surface area contributed by atoms with Crippen molar-refractivity contribution in [2.24, 2.45) is 0 Å². The summed E-state index contributed by atoms with van der Waals surface area (Å²) < 4.78 is 39.5. The molecule has 1 aromatic carbocycles. The Morgan fingerprint density at radius 2 is 1.97 bits per heavy atom. The quantitative estimate of drug-likeness (QED) is 0.576. The number of fused-ring (bicyclic) bond motifs is 3. The smallest absolute Gasteiger partial charge is 0.325 e. The molecule has 0 saturated heterocycles. The zero-order valence-corrected chi connectivity index (χ0v) is 18.2. The molecule has 3 heterocycles. The third-order valence-corrected chi connectivity index (χ3v) is 5.21. The molecular weight excluding hydrogens is 433 g/mol. The van der Waals surface area contributed by atoms with Crippen LogP contribution in [0.3, 0.4) is 0 Å². The number of rotatable bonds is 6. The first-order valence-corrected chi connectivity index (χ1v) is 10.4. The maximum atomic E-state index is 13.2. The molecule has 7 nitrogen and oxygen atoms in total. The third-order valence-electron chi connectivity index (χ3n) is 5.21. The number of hydrogen-bond acceptors (Lipinski definition) is 6. The molecule has 33 heavy (non-hydrogen) atoms. The van der Waals surface area contributed by atoms with Gasteiger partial charge in [0, 0.05) is 23.5 Å². The van der Waals surface area contributed by atoms with Crippen LogP contribution < -0.4 is 10.6 Å². The lowest BCUT2D eigenvalue weighted by atomic mass is 10.0. The lowest BCUT2D eigenvalue weighted by Crippen LogP contribution is -2.13. The number of alkyl halides is 3. The van der Waals surface area contributed by atoms with Crippen molar-refractivity contribution in [1.82, 2.24) is 19.9 Å². The molecule has 172 valence electrons. The van der Waals surface area contributed by atoms with Gasteiger partial charge in [0.05, 0.1) is 35.2 Å². The summed E-state index contributed by atoms with van der Waals surface area (Å²) in [7, 11) is 4.05. The van der Waals surface area contributed by atoms with Crippen LogP contribution in [0.4, 0.5) is 30.5 Å². The zero-order valence-electron chi connectivity index (χ0n) is 18.2. The monoisotopic (exact) mass is 456 g/mol. The molecule has 1 aliphatic heterocycles. The molecule has 1 amide bonds. The Balaban J connectivity index is 1.62. The van der Waals surface area contributed by atoms with Crippen LogP contribution in [0.5, 0.6) is 0 Å². The van der Waals surface area contributed by atoms with E-state index in [2.05, 4.69) is 30.5 Å².